The third-order valence-electron chi connectivity index (χ3n) is 3.34. The Morgan fingerprint density at radius 3 is 2.44 bits per heavy atom. The van der Waals surface area contributed by atoms with Crippen LogP contribution in [0.25, 0.3) is 0 Å². The van der Waals surface area contributed by atoms with Gasteiger partial charge in [0.25, 0.3) is 0 Å². The van der Waals surface area contributed by atoms with Crippen LogP contribution in [0.3, 0.4) is 0 Å². The fourth-order valence-electron chi connectivity index (χ4n) is 2.39. The van der Waals surface area contributed by atoms with E-state index in [1.807, 2.05) is 27.7 Å². The highest BCUT2D eigenvalue weighted by atomic mass is 16.5. The van der Waals surface area contributed by atoms with Crippen LogP contribution in [0.2, 0.25) is 0 Å². The first kappa shape index (κ1) is 15.0. The van der Waals surface area contributed by atoms with Gasteiger partial charge in [-0.2, -0.15) is 0 Å². The molecule has 1 aliphatic heterocycles. The molecule has 0 radical (unpaired) electrons. The predicted octanol–water partition coefficient (Wildman–Crippen LogP) is 0.640. The number of carbonyl (C=O) groups excluding carboxylic acids is 2. The monoisotopic (exact) mass is 256 g/mol. The van der Waals surface area contributed by atoms with Crippen molar-refractivity contribution in [1.82, 2.24) is 10.2 Å². The Balaban J connectivity index is 2.91. The number of methoxy groups -OCH3 is 1. The Morgan fingerprint density at radius 1 is 1.39 bits per heavy atom. The Hall–Kier alpha value is -1.10. The van der Waals surface area contributed by atoms with Crippen molar-refractivity contribution in [2.24, 2.45) is 11.8 Å². The summed E-state index contributed by atoms with van der Waals surface area (Å²) in [6, 6.07) is -0.685. The van der Waals surface area contributed by atoms with Crippen LogP contribution >= 0.6 is 0 Å². The fraction of sp³-hybridized carbons (Fsp3) is 0.846. The maximum absolute atomic E-state index is 12.4. The second-order valence-electron chi connectivity index (χ2n) is 5.42. The summed E-state index contributed by atoms with van der Waals surface area (Å²) in [6.07, 6.45) is 0. The van der Waals surface area contributed by atoms with Gasteiger partial charge in [-0.15, -0.1) is 0 Å². The third kappa shape index (κ3) is 3.02. The first-order valence-electron chi connectivity index (χ1n) is 6.51. The lowest BCUT2D eigenvalue weighted by Crippen LogP contribution is -2.62. The van der Waals surface area contributed by atoms with E-state index in [0.717, 1.165) is 6.54 Å². The second kappa shape index (κ2) is 6.18. The van der Waals surface area contributed by atoms with Gasteiger partial charge in [0.1, 0.15) is 6.04 Å². The molecule has 1 saturated heterocycles. The van der Waals surface area contributed by atoms with Crippen molar-refractivity contribution in [2.75, 3.05) is 20.2 Å². The van der Waals surface area contributed by atoms with Crippen molar-refractivity contribution in [3.8, 4) is 0 Å². The molecule has 2 atom stereocenters. The summed E-state index contributed by atoms with van der Waals surface area (Å²) in [4.78, 5) is 25.9. The number of hydrogen-bond acceptors (Lipinski definition) is 4. The summed E-state index contributed by atoms with van der Waals surface area (Å²) in [5, 5.41) is 3.21. The highest BCUT2D eigenvalue weighted by molar-refractivity contribution is 5.88. The third-order valence-corrected chi connectivity index (χ3v) is 3.34. The first-order chi connectivity index (χ1) is 8.40. The number of nitrogens with zero attached hydrogens (tertiary/aromatic N) is 1. The van der Waals surface area contributed by atoms with Crippen molar-refractivity contribution in [1.29, 1.82) is 0 Å². The van der Waals surface area contributed by atoms with Gasteiger partial charge in [-0.05, 0) is 11.8 Å². The van der Waals surface area contributed by atoms with Crippen LogP contribution in [-0.2, 0) is 14.3 Å². The van der Waals surface area contributed by atoms with E-state index in [4.69, 9.17) is 4.74 Å². The number of rotatable bonds is 4. The Kier molecular flexibility index (Phi) is 5.14. The molecule has 18 heavy (non-hydrogen) atoms. The molecule has 1 rings (SSSR count). The van der Waals surface area contributed by atoms with Gasteiger partial charge in [0.15, 0.2) is 0 Å². The van der Waals surface area contributed by atoms with E-state index in [0.29, 0.717) is 6.54 Å². The van der Waals surface area contributed by atoms with Crippen LogP contribution in [0.15, 0.2) is 0 Å². The zero-order chi connectivity index (χ0) is 13.9. The molecule has 5 nitrogen and oxygen atoms in total. The second-order valence-corrected chi connectivity index (χ2v) is 5.42. The van der Waals surface area contributed by atoms with Gasteiger partial charge in [-0.3, -0.25) is 4.79 Å². The van der Waals surface area contributed by atoms with Gasteiger partial charge in [-0.25, -0.2) is 4.79 Å². The fourth-order valence-corrected chi connectivity index (χ4v) is 2.39. The molecule has 0 saturated carbocycles. The van der Waals surface area contributed by atoms with Crippen LogP contribution in [0.1, 0.15) is 27.7 Å². The number of esters is 1. The molecule has 5 heteroatoms. The van der Waals surface area contributed by atoms with Gasteiger partial charge in [-0.1, -0.05) is 27.7 Å². The van der Waals surface area contributed by atoms with Crippen molar-refractivity contribution in [3.63, 3.8) is 0 Å². The zero-order valence-electron chi connectivity index (χ0n) is 11.9. The van der Waals surface area contributed by atoms with Gasteiger partial charge < -0.3 is 15.0 Å². The van der Waals surface area contributed by atoms with Crippen LogP contribution in [0, 0.1) is 11.8 Å². The number of hydrogen-bond donors (Lipinski definition) is 1. The highest BCUT2D eigenvalue weighted by Crippen LogP contribution is 2.18. The molecule has 104 valence electrons. The average Bonchev–Trinajstić information content (AvgIpc) is 2.30. The van der Waals surface area contributed by atoms with Crippen LogP contribution < -0.4 is 5.32 Å². The molecule has 1 N–H and O–H groups in total. The minimum atomic E-state index is -0.481. The highest BCUT2D eigenvalue weighted by Gasteiger charge is 2.39. The largest absolute Gasteiger partial charge is 0.467 e. The topological polar surface area (TPSA) is 58.6 Å². The van der Waals surface area contributed by atoms with Crippen LogP contribution in [0.5, 0.6) is 0 Å². The van der Waals surface area contributed by atoms with E-state index in [-0.39, 0.29) is 29.8 Å². The normalized spacial score (nSPS) is 22.5. The Morgan fingerprint density at radius 2 is 2.00 bits per heavy atom. The Bertz CT molecular complexity index is 315. The molecule has 1 aliphatic rings. The molecule has 0 aliphatic carbocycles. The maximum Gasteiger partial charge on any atom is 0.328 e. The summed E-state index contributed by atoms with van der Waals surface area (Å²) in [7, 11) is 1.37. The molecule has 1 heterocycles. The van der Waals surface area contributed by atoms with E-state index in [9.17, 15) is 9.59 Å². The molecular weight excluding hydrogens is 232 g/mol. The molecule has 0 unspecified atom stereocenters. The summed E-state index contributed by atoms with van der Waals surface area (Å²) in [5.41, 5.74) is 0. The molecule has 0 aromatic heterocycles. The summed E-state index contributed by atoms with van der Waals surface area (Å²) >= 11 is 0. The maximum atomic E-state index is 12.4. The standard InChI is InChI=1S/C13H24N2O3/c1-8(2)10-12(16)15(7-6-14-10)11(9(3)4)13(17)18-5/h8-11,14H,6-7H2,1-5H3/t10-,11-/m0/s1. The molecule has 0 spiro atoms. The van der Waals surface area contributed by atoms with Crippen molar-refractivity contribution < 1.29 is 14.3 Å². The molecular formula is C13H24N2O3. The zero-order valence-corrected chi connectivity index (χ0v) is 11.9. The van der Waals surface area contributed by atoms with Crippen molar-refractivity contribution >= 4 is 11.9 Å². The van der Waals surface area contributed by atoms with Crippen molar-refractivity contribution in [3.05, 3.63) is 0 Å². The predicted molar refractivity (Wildman–Crippen MR) is 69.0 cm³/mol. The number of ether oxygens (including phenoxy) is 1. The number of nitrogens with one attached hydrogen (secondary N) is 1. The van der Waals surface area contributed by atoms with E-state index >= 15 is 0 Å². The number of carbonyl (C=O) groups is 2. The van der Waals surface area contributed by atoms with E-state index in [1.54, 1.807) is 4.90 Å². The Labute approximate surface area is 109 Å². The van der Waals surface area contributed by atoms with Gasteiger partial charge in [0.05, 0.1) is 13.2 Å². The number of piperazine rings is 1. The lowest BCUT2D eigenvalue weighted by atomic mass is 9.96. The van der Waals surface area contributed by atoms with Crippen LogP contribution in [-0.4, -0.2) is 49.1 Å². The minimum Gasteiger partial charge on any atom is -0.467 e. The molecule has 0 aromatic carbocycles. The lowest BCUT2D eigenvalue weighted by Gasteiger charge is -2.40. The number of amides is 1. The first-order valence-corrected chi connectivity index (χ1v) is 6.51. The van der Waals surface area contributed by atoms with Crippen molar-refractivity contribution in [2.45, 2.75) is 39.8 Å². The molecule has 0 aromatic rings. The van der Waals surface area contributed by atoms with Gasteiger partial charge in [0.2, 0.25) is 5.91 Å². The average molecular weight is 256 g/mol. The quantitative estimate of drug-likeness (QED) is 0.750. The van der Waals surface area contributed by atoms with E-state index in [2.05, 4.69) is 5.32 Å². The SMILES string of the molecule is COC(=O)[C@H](C(C)C)N1CCN[C@@H](C(C)C)C1=O. The lowest BCUT2D eigenvalue weighted by molar-refractivity contribution is -0.157. The summed E-state index contributed by atoms with van der Waals surface area (Å²) < 4.78 is 4.82. The molecule has 0 bridgehead atoms. The van der Waals surface area contributed by atoms with Gasteiger partial charge >= 0.3 is 5.97 Å². The van der Waals surface area contributed by atoms with Crippen LogP contribution in [0.4, 0.5) is 0 Å². The summed E-state index contributed by atoms with van der Waals surface area (Å²) in [5.74, 6) is -0.0684. The van der Waals surface area contributed by atoms with E-state index < -0.39 is 6.04 Å². The molecule has 1 fully saturated rings. The minimum absolute atomic E-state index is 0.000324. The summed E-state index contributed by atoms with van der Waals surface area (Å²) in [6.45, 7) is 9.14. The molecule has 1 amide bonds. The van der Waals surface area contributed by atoms with E-state index in [1.165, 1.54) is 7.11 Å². The van der Waals surface area contributed by atoms with Gasteiger partial charge in [0, 0.05) is 13.1 Å². The smallest absolute Gasteiger partial charge is 0.328 e.